The largest absolute Gasteiger partial charge is 0.508 e. The second-order valence-electron chi connectivity index (χ2n) is 20.2. The van der Waals surface area contributed by atoms with Crippen LogP contribution in [0.3, 0.4) is 0 Å². The van der Waals surface area contributed by atoms with Crippen molar-refractivity contribution in [1.29, 1.82) is 0 Å². The fraction of sp³-hybridized carbons (Fsp3) is 0.481. The Hall–Kier alpha value is -7.98. The number of primary amides is 1. The molecule has 1 unspecified atom stereocenters. The molecule has 4 aliphatic rings. The zero-order valence-corrected chi connectivity index (χ0v) is 47.0. The van der Waals surface area contributed by atoms with Crippen LogP contribution in [-0.4, -0.2) is 199 Å². The fourth-order valence-corrected chi connectivity index (χ4v) is 9.84. The van der Waals surface area contributed by atoms with Gasteiger partial charge in [-0.15, -0.1) is 0 Å². The van der Waals surface area contributed by atoms with Gasteiger partial charge >= 0.3 is 11.9 Å². The van der Waals surface area contributed by atoms with Crippen LogP contribution in [0.4, 0.5) is 5.69 Å². The van der Waals surface area contributed by atoms with Crippen molar-refractivity contribution < 1.29 is 103 Å². The number of unbranched alkanes of at least 4 members (excludes halogenated alkanes) is 1. The van der Waals surface area contributed by atoms with E-state index in [1.807, 2.05) is 0 Å². The highest BCUT2D eigenvalue weighted by atomic mass is 32.1. The summed E-state index contributed by atoms with van der Waals surface area (Å²) in [6.07, 6.45) is -15.5. The molecule has 0 saturated carbocycles. The Bertz CT molecular complexity index is 3150. The van der Waals surface area contributed by atoms with Gasteiger partial charge in [-0.3, -0.25) is 33.6 Å². The average Bonchev–Trinajstić information content (AvgIpc) is 1.10. The summed E-state index contributed by atoms with van der Waals surface area (Å²) in [5, 5.41) is 101. The number of carbonyl (C=O) groups excluding carboxylic acids is 6. The smallest absolute Gasteiger partial charge is 0.336 e. The Morgan fingerprint density at radius 3 is 2.06 bits per heavy atom. The average molecular weight is 1210 g/mol. The van der Waals surface area contributed by atoms with Crippen LogP contribution in [0, 0.1) is 0 Å². The molecule has 0 radical (unpaired) electrons. The molecule has 2 aromatic carbocycles. The van der Waals surface area contributed by atoms with Crippen molar-refractivity contribution in [2.24, 2.45) is 5.73 Å². The molecule has 2 aromatic rings. The number of aliphatic hydroxyl groups excluding tert-OH is 5. The summed E-state index contributed by atoms with van der Waals surface area (Å²) in [6, 6.07) is 5.29. The molecule has 85 heavy (non-hydrogen) atoms. The molecule has 2 fully saturated rings. The highest BCUT2D eigenvalue weighted by Crippen LogP contribution is 2.42. The number of hydrogen-bond acceptors (Lipinski definition) is 21. The summed E-state index contributed by atoms with van der Waals surface area (Å²) in [7, 11) is 0. The number of aliphatic carboxylic acids is 1. The number of aliphatic hydroxyl groups is 5. The normalized spacial score (nSPS) is 23.5. The highest BCUT2D eigenvalue weighted by molar-refractivity contribution is 7.80. The molecule has 462 valence electrons. The number of hydrogen-bond donors (Lipinski definition) is 16. The maximum atomic E-state index is 13.7. The first-order valence-corrected chi connectivity index (χ1v) is 27.1. The van der Waals surface area contributed by atoms with Crippen molar-refractivity contribution >= 4 is 81.4 Å². The van der Waals surface area contributed by atoms with Crippen molar-refractivity contribution in [3.05, 3.63) is 70.4 Å². The Morgan fingerprint density at radius 1 is 0.741 bits per heavy atom. The van der Waals surface area contributed by atoms with Crippen LogP contribution < -0.4 is 48.4 Å². The number of carbonyl (C=O) groups is 8. The lowest BCUT2D eigenvalue weighted by molar-refractivity contribution is -0.333. The minimum atomic E-state index is -1.91. The van der Waals surface area contributed by atoms with Crippen molar-refractivity contribution in [2.75, 3.05) is 25.1 Å². The monoisotopic (exact) mass is 1210 g/mol. The number of carboxylic acid groups (broad SMARTS) is 2. The van der Waals surface area contributed by atoms with Gasteiger partial charge in [-0.25, -0.2) is 9.59 Å². The number of aromatic carboxylic acids is 1. The second kappa shape index (κ2) is 29.7. The van der Waals surface area contributed by atoms with Crippen molar-refractivity contribution in [1.82, 2.24) is 31.9 Å². The molecule has 0 bridgehead atoms. The molecular formula is C54H68N8O22S. The highest BCUT2D eigenvalue weighted by Gasteiger charge is 2.53. The lowest BCUT2D eigenvalue weighted by Gasteiger charge is -2.48. The fourth-order valence-electron chi connectivity index (χ4n) is 9.62. The molecule has 30 nitrogen and oxygen atoms in total. The van der Waals surface area contributed by atoms with Crippen molar-refractivity contribution in [3.63, 3.8) is 0 Å². The third kappa shape index (κ3) is 17.1. The third-order valence-electron chi connectivity index (χ3n) is 13.8. The Kier molecular flexibility index (Phi) is 23.1. The quantitative estimate of drug-likeness (QED) is 0.0176. The van der Waals surface area contributed by atoms with Crippen LogP contribution in [-0.2, 0) is 52.5 Å². The van der Waals surface area contributed by atoms with Gasteiger partial charge in [0.2, 0.25) is 35.4 Å². The summed E-state index contributed by atoms with van der Waals surface area (Å²) >= 11 is 5.45. The number of fused-ring (bicyclic) bond motifs is 2. The summed E-state index contributed by atoms with van der Waals surface area (Å²) in [6.45, 7) is 3.02. The molecule has 0 aromatic heterocycles. The summed E-state index contributed by atoms with van der Waals surface area (Å²) in [5.74, 6) is -8.02. The van der Waals surface area contributed by atoms with Crippen LogP contribution in [0.2, 0.25) is 0 Å². The van der Waals surface area contributed by atoms with Gasteiger partial charge in [0.25, 0.3) is 0 Å². The molecule has 6 amide bonds. The minimum Gasteiger partial charge on any atom is -0.508 e. The van der Waals surface area contributed by atoms with E-state index in [4.69, 9.17) is 41.3 Å². The molecule has 14 atom stereocenters. The van der Waals surface area contributed by atoms with E-state index < -0.39 is 159 Å². The topological polar surface area (TPSA) is 476 Å². The van der Waals surface area contributed by atoms with E-state index in [1.165, 1.54) is 50.2 Å². The van der Waals surface area contributed by atoms with Gasteiger partial charge in [-0.05, 0) is 93.7 Å². The predicted octanol–water partition coefficient (Wildman–Crippen LogP) is -2.43. The van der Waals surface area contributed by atoms with Gasteiger partial charge in [0, 0.05) is 61.1 Å². The molecule has 6 rings (SSSR count). The Labute approximate surface area is 489 Å². The number of phenols is 1. The zero-order valence-electron chi connectivity index (χ0n) is 46.2. The molecule has 3 aliphatic heterocycles. The lowest BCUT2D eigenvalue weighted by Crippen LogP contribution is -2.70. The number of aromatic hydroxyl groups is 1. The van der Waals surface area contributed by atoms with Crippen LogP contribution in [0.1, 0.15) is 70.2 Å². The predicted molar refractivity (Wildman–Crippen MR) is 299 cm³/mol. The van der Waals surface area contributed by atoms with Gasteiger partial charge in [0.1, 0.15) is 90.0 Å². The first-order chi connectivity index (χ1) is 40.2. The van der Waals surface area contributed by atoms with E-state index >= 15 is 0 Å². The Morgan fingerprint density at radius 2 is 1.41 bits per heavy atom. The number of anilines is 1. The first-order valence-electron chi connectivity index (χ1n) is 26.7. The SMILES string of the molecule is CC(=O)N[C@@H]1[C@@H](OC(C)C(=O)N[C@@H](C)C(=O)N[C@H](CCC(N)=O)C(=O)N[C@@H](CCCCNC(=S)Nc2ccc(-c3c4ccc(=O)cc-4oc4cc(O)ccc34)c(C(=O)O)c2)C(=O)O)[C@H](O[C@@H]2O[C@H](CO)[C@@H](O)[C@H](O)[C@H]2NC(C)=O)[C@@H](CO)O[C@@H]1O. The van der Waals surface area contributed by atoms with Gasteiger partial charge in [0.05, 0.1) is 18.8 Å². The van der Waals surface area contributed by atoms with Crippen LogP contribution >= 0.6 is 12.2 Å². The number of ether oxygens (including phenoxy) is 4. The van der Waals surface area contributed by atoms with Gasteiger partial charge in [-0.2, -0.15) is 0 Å². The summed E-state index contributed by atoms with van der Waals surface area (Å²) in [4.78, 5) is 115. The van der Waals surface area contributed by atoms with E-state index in [0.717, 1.165) is 13.8 Å². The maximum absolute atomic E-state index is 13.7. The van der Waals surface area contributed by atoms with E-state index in [1.54, 1.807) is 18.2 Å². The van der Waals surface area contributed by atoms with Crippen molar-refractivity contribution in [2.45, 2.75) is 145 Å². The Balaban J connectivity index is 1.05. The van der Waals surface area contributed by atoms with Gasteiger partial charge in [0.15, 0.2) is 23.1 Å². The molecule has 3 heterocycles. The number of rotatable bonds is 26. The summed E-state index contributed by atoms with van der Waals surface area (Å²) < 4.78 is 29.2. The van der Waals surface area contributed by atoms with Crippen molar-refractivity contribution in [3.8, 4) is 28.2 Å². The minimum absolute atomic E-state index is 0.0807. The molecule has 17 N–H and O–H groups in total. The third-order valence-corrected chi connectivity index (χ3v) is 14.1. The van der Waals surface area contributed by atoms with E-state index in [2.05, 4.69) is 37.2 Å². The maximum Gasteiger partial charge on any atom is 0.336 e. The zero-order chi connectivity index (χ0) is 62.6. The molecule has 1 aliphatic carbocycles. The molecule has 0 spiro atoms. The van der Waals surface area contributed by atoms with E-state index in [9.17, 15) is 84.0 Å². The lowest BCUT2D eigenvalue weighted by atomic mass is 9.90. The number of nitrogens with two attached hydrogens (primary N) is 1. The molecular weight excluding hydrogens is 1140 g/mol. The van der Waals surface area contributed by atoms with Crippen LogP contribution in [0.15, 0.2) is 63.8 Å². The number of carboxylic acids is 2. The van der Waals surface area contributed by atoms with Crippen LogP contribution in [0.5, 0.6) is 5.75 Å². The molecule has 31 heteroatoms. The van der Waals surface area contributed by atoms with E-state index in [-0.39, 0.29) is 58.1 Å². The number of nitrogens with one attached hydrogen (secondary N) is 7. The molecule has 2 saturated heterocycles. The van der Waals surface area contributed by atoms with Crippen LogP contribution in [0.25, 0.3) is 33.4 Å². The van der Waals surface area contributed by atoms with Gasteiger partial charge in [-0.1, -0.05) is 6.07 Å². The second-order valence-corrected chi connectivity index (χ2v) is 20.6. The first kappa shape index (κ1) is 66.2. The van der Waals surface area contributed by atoms with Gasteiger partial charge < -0.3 is 107 Å². The number of benzene rings is 3. The van der Waals surface area contributed by atoms with E-state index in [0.29, 0.717) is 28.6 Å². The number of phenolic OH excluding ortho intramolecular Hbond substituents is 1. The standard InChI is InChI=1S/C54H68N8O22S/c1-22(57-48(73)23(2)80-46-42(59-25(4)66)52(79)82-38(21-64)45(46)84-53-41(58-24(3)65)44(71)43(70)37(20-63)83-53)47(72)61-33(14-15-39(55)69)49(74)62-34(51(77)78)7-5-6-16-56-54(85)60-26-8-11-29(32(17-26)50(75)76)40-30-12-9-27(67)18-35(30)81-36-19-28(68)10-13-31(36)40/h8-13,17-19,22-23,33-34,37-38,41-46,52-53,63-64,67,70-71,79H,5-7,14-16,20-21H2,1-4H3,(H2,55,69)(H,57,73)(H,58,65)(H,59,66)(H,61,72)(H,62,74)(H,75,76)(H,77,78)(H2,56,60,85)/t22-,23?,33+,34-,37+,38+,41+,42+,43+,44+,45+,46+,52-,53-/m0/s1. The number of amides is 6. The summed E-state index contributed by atoms with van der Waals surface area (Å²) in [5.41, 5.74) is 6.53. The number of thiocarbonyl (C=S) groups is 1.